The van der Waals surface area contributed by atoms with Crippen molar-refractivity contribution >= 4 is 22.6 Å². The predicted octanol–water partition coefficient (Wildman–Crippen LogP) is 4.43. The van der Waals surface area contributed by atoms with Gasteiger partial charge in [0.1, 0.15) is 0 Å². The van der Waals surface area contributed by atoms with E-state index in [0.717, 1.165) is 23.1 Å². The highest BCUT2D eigenvalue weighted by atomic mass is 35.5. The number of halogens is 1. The van der Waals surface area contributed by atoms with Gasteiger partial charge in [-0.1, -0.05) is 38.1 Å². The maximum atomic E-state index is 10.1. The molecule has 0 fully saturated rings. The van der Waals surface area contributed by atoms with Crippen molar-refractivity contribution in [3.05, 3.63) is 41.3 Å². The third kappa shape index (κ3) is 3.83. The Labute approximate surface area is 152 Å². The molecule has 3 aromatic rings. The molecule has 2 aromatic heterocycles. The lowest BCUT2D eigenvalue weighted by Crippen LogP contribution is -2.26. The Hall–Kier alpha value is -1.98. The van der Waals surface area contributed by atoms with Gasteiger partial charge in [-0.15, -0.1) is 0 Å². The van der Waals surface area contributed by atoms with E-state index >= 15 is 0 Å². The summed E-state index contributed by atoms with van der Waals surface area (Å²) >= 11 is 6.15. The highest BCUT2D eigenvalue weighted by molar-refractivity contribution is 6.28. The third-order valence-corrected chi connectivity index (χ3v) is 4.54. The van der Waals surface area contributed by atoms with Crippen molar-refractivity contribution in [2.24, 2.45) is 0 Å². The van der Waals surface area contributed by atoms with Crippen molar-refractivity contribution in [2.45, 2.75) is 52.2 Å². The highest BCUT2D eigenvalue weighted by Crippen LogP contribution is 2.29. The molecule has 0 radical (unpaired) electrons. The topological polar surface area (TPSA) is 63.8 Å². The Morgan fingerprint density at radius 2 is 1.88 bits per heavy atom. The monoisotopic (exact) mass is 358 g/mol. The van der Waals surface area contributed by atoms with Crippen molar-refractivity contribution in [2.75, 3.05) is 0 Å². The number of fused-ring (bicyclic) bond motifs is 1. The van der Waals surface area contributed by atoms with E-state index in [9.17, 15) is 5.11 Å². The van der Waals surface area contributed by atoms with Gasteiger partial charge in [0.05, 0.1) is 29.4 Å². The Balaban J connectivity index is 2.07. The number of aliphatic hydroxyl groups is 1. The fraction of sp³-hybridized carbons (Fsp3) is 0.421. The van der Waals surface area contributed by atoms with E-state index in [4.69, 9.17) is 11.6 Å². The van der Waals surface area contributed by atoms with Gasteiger partial charge in [0.15, 0.2) is 5.65 Å². The predicted molar refractivity (Wildman–Crippen MR) is 101 cm³/mol. The summed E-state index contributed by atoms with van der Waals surface area (Å²) in [6.45, 7) is 8.20. The summed E-state index contributed by atoms with van der Waals surface area (Å²) in [6.07, 6.45) is 2.84. The van der Waals surface area contributed by atoms with E-state index < -0.39 is 5.60 Å². The molecule has 0 aliphatic carbocycles. The summed E-state index contributed by atoms with van der Waals surface area (Å²) in [5.74, 6) is 0.526. The second-order valence-corrected chi connectivity index (χ2v) is 7.46. The molecule has 5 nitrogen and oxygen atoms in total. The van der Waals surface area contributed by atoms with Gasteiger partial charge >= 0.3 is 0 Å². The molecule has 0 saturated carbocycles. The Kier molecular flexibility index (Phi) is 4.80. The average molecular weight is 359 g/mol. The maximum Gasteiger partial charge on any atom is 0.225 e. The Morgan fingerprint density at radius 3 is 2.48 bits per heavy atom. The van der Waals surface area contributed by atoms with Gasteiger partial charge in [0.2, 0.25) is 5.28 Å². The van der Waals surface area contributed by atoms with E-state index in [-0.39, 0.29) is 5.28 Å². The quantitative estimate of drug-likeness (QED) is 0.685. The third-order valence-electron chi connectivity index (χ3n) is 4.37. The summed E-state index contributed by atoms with van der Waals surface area (Å²) in [5.41, 5.74) is 2.77. The molecule has 3 rings (SSSR count). The first-order chi connectivity index (χ1) is 11.8. The molecule has 1 unspecified atom stereocenters. The zero-order valence-electron chi connectivity index (χ0n) is 15.0. The van der Waals surface area contributed by atoms with Gasteiger partial charge in [-0.2, -0.15) is 10.1 Å². The van der Waals surface area contributed by atoms with Crippen LogP contribution in [0.3, 0.4) is 0 Å². The van der Waals surface area contributed by atoms with E-state index in [2.05, 4.69) is 53.2 Å². The summed E-state index contributed by atoms with van der Waals surface area (Å²) in [5, 5.41) is 15.4. The normalized spacial score (nSPS) is 13.4. The number of rotatable bonds is 5. The van der Waals surface area contributed by atoms with Crippen LogP contribution in [0, 0.1) is 0 Å². The van der Waals surface area contributed by atoms with Crippen LogP contribution < -0.4 is 0 Å². The van der Waals surface area contributed by atoms with E-state index in [1.54, 1.807) is 24.7 Å². The second-order valence-electron chi connectivity index (χ2n) is 7.12. The molecule has 0 saturated heterocycles. The fourth-order valence-electron chi connectivity index (χ4n) is 2.84. The van der Waals surface area contributed by atoms with Crippen LogP contribution in [0.25, 0.3) is 22.3 Å². The van der Waals surface area contributed by atoms with Gasteiger partial charge in [-0.3, -0.25) is 0 Å². The van der Waals surface area contributed by atoms with Crippen molar-refractivity contribution < 1.29 is 5.11 Å². The molecule has 6 heteroatoms. The van der Waals surface area contributed by atoms with Crippen LogP contribution >= 0.6 is 11.6 Å². The average Bonchev–Trinajstić information content (AvgIpc) is 2.94. The van der Waals surface area contributed by atoms with Crippen molar-refractivity contribution in [3.63, 3.8) is 0 Å². The molecular weight excluding hydrogens is 336 g/mol. The minimum Gasteiger partial charge on any atom is -0.389 e. The molecule has 2 heterocycles. The van der Waals surface area contributed by atoms with Crippen molar-refractivity contribution in [1.82, 2.24) is 19.7 Å². The lowest BCUT2D eigenvalue weighted by molar-refractivity contribution is 0.0589. The molecule has 25 heavy (non-hydrogen) atoms. The van der Waals surface area contributed by atoms with Crippen LogP contribution in [0.5, 0.6) is 0 Å². The first-order valence-corrected chi connectivity index (χ1v) is 8.88. The number of hydrogen-bond acceptors (Lipinski definition) is 4. The zero-order valence-corrected chi connectivity index (χ0v) is 15.7. The van der Waals surface area contributed by atoms with E-state index in [0.29, 0.717) is 18.1 Å². The van der Waals surface area contributed by atoms with Crippen LogP contribution in [0.2, 0.25) is 5.28 Å². The van der Waals surface area contributed by atoms with Gasteiger partial charge in [-0.05, 0) is 43.4 Å². The van der Waals surface area contributed by atoms with E-state index in [1.807, 2.05) is 0 Å². The number of aromatic nitrogens is 4. The van der Waals surface area contributed by atoms with Gasteiger partial charge in [0.25, 0.3) is 0 Å². The van der Waals surface area contributed by atoms with Crippen molar-refractivity contribution in [3.8, 4) is 11.3 Å². The molecule has 0 amide bonds. The minimum absolute atomic E-state index is 0.172. The maximum absolute atomic E-state index is 10.1. The fourth-order valence-corrected chi connectivity index (χ4v) is 3.00. The molecular formula is C19H23ClN4O. The lowest BCUT2D eigenvalue weighted by atomic mass is 9.97. The van der Waals surface area contributed by atoms with Crippen LogP contribution in [-0.4, -0.2) is 30.5 Å². The number of hydrogen-bond donors (Lipinski definition) is 1. The van der Waals surface area contributed by atoms with Gasteiger partial charge in [0, 0.05) is 5.56 Å². The number of nitrogens with zero attached hydrogens (tertiary/aromatic N) is 4. The molecule has 1 aromatic carbocycles. The summed E-state index contributed by atoms with van der Waals surface area (Å²) < 4.78 is 1.67. The molecule has 0 spiro atoms. The SMILES string of the molecule is CCC(C)c1ccc(-c2nc(Cl)nc3c2cnn3CC(C)(C)O)cc1. The second kappa shape index (κ2) is 6.73. The van der Waals surface area contributed by atoms with Gasteiger partial charge < -0.3 is 5.11 Å². The minimum atomic E-state index is -0.894. The Morgan fingerprint density at radius 1 is 1.20 bits per heavy atom. The molecule has 1 atom stereocenters. The van der Waals surface area contributed by atoms with Crippen molar-refractivity contribution in [1.29, 1.82) is 0 Å². The van der Waals surface area contributed by atoms with Gasteiger partial charge in [-0.25, -0.2) is 9.67 Å². The van der Waals surface area contributed by atoms with Crippen LogP contribution in [-0.2, 0) is 6.54 Å². The van der Waals surface area contributed by atoms with Crippen LogP contribution in [0.15, 0.2) is 30.5 Å². The van der Waals surface area contributed by atoms with E-state index in [1.165, 1.54) is 5.56 Å². The zero-order chi connectivity index (χ0) is 18.2. The first kappa shape index (κ1) is 17.8. The first-order valence-electron chi connectivity index (χ1n) is 8.50. The lowest BCUT2D eigenvalue weighted by Gasteiger charge is -2.17. The largest absolute Gasteiger partial charge is 0.389 e. The molecule has 1 N–H and O–H groups in total. The molecule has 0 bridgehead atoms. The molecule has 0 aliphatic rings. The summed E-state index contributed by atoms with van der Waals surface area (Å²) in [4.78, 5) is 8.72. The van der Waals surface area contributed by atoms with Crippen LogP contribution in [0.4, 0.5) is 0 Å². The standard InChI is InChI=1S/C19H23ClN4O/c1-5-12(2)13-6-8-14(9-7-13)16-15-10-21-24(11-19(3,4)25)17(15)23-18(20)22-16/h6-10,12,25H,5,11H2,1-4H3. The highest BCUT2D eigenvalue weighted by Gasteiger charge is 2.19. The Bertz CT molecular complexity index is 881. The molecule has 0 aliphatic heterocycles. The summed E-state index contributed by atoms with van der Waals surface area (Å²) in [7, 11) is 0. The number of benzene rings is 1. The smallest absolute Gasteiger partial charge is 0.225 e. The molecule has 132 valence electrons. The summed E-state index contributed by atoms with van der Waals surface area (Å²) in [6, 6.07) is 8.39. The van der Waals surface area contributed by atoms with Crippen LogP contribution in [0.1, 0.15) is 45.6 Å².